The Morgan fingerprint density at radius 1 is 1.03 bits per heavy atom. The molecule has 3 atom stereocenters. The number of phenols is 3. The first-order chi connectivity index (χ1) is 16.3. The topological polar surface area (TPSA) is 119 Å². The summed E-state index contributed by atoms with van der Waals surface area (Å²) in [4.78, 5) is 29.7. The Balaban J connectivity index is 1.73. The molecule has 8 nitrogen and oxygen atoms in total. The molecule has 1 amide bonds. The first kappa shape index (κ1) is 21.8. The fraction of sp³-hybridized carbons (Fsp3) is 0.231. The lowest BCUT2D eigenvalue weighted by molar-refractivity contribution is -0.126. The molecule has 3 aromatic rings. The molecule has 174 valence electrons. The predicted octanol–water partition coefficient (Wildman–Crippen LogP) is 3.19. The first-order valence-corrected chi connectivity index (χ1v) is 10.8. The molecule has 2 heterocycles. The van der Waals surface area contributed by atoms with E-state index in [0.717, 1.165) is 0 Å². The van der Waals surface area contributed by atoms with E-state index in [1.807, 2.05) is 23.1 Å². The van der Waals surface area contributed by atoms with E-state index in [0.29, 0.717) is 28.9 Å². The third kappa shape index (κ3) is 2.95. The van der Waals surface area contributed by atoms with E-state index < -0.39 is 17.4 Å². The van der Waals surface area contributed by atoms with E-state index in [4.69, 9.17) is 4.74 Å². The van der Waals surface area contributed by atoms with Crippen LogP contribution < -0.4 is 10.1 Å². The first-order valence-electron chi connectivity index (χ1n) is 10.8. The van der Waals surface area contributed by atoms with Crippen molar-refractivity contribution in [1.29, 1.82) is 0 Å². The van der Waals surface area contributed by atoms with Crippen molar-refractivity contribution in [3.05, 3.63) is 77.4 Å². The summed E-state index contributed by atoms with van der Waals surface area (Å²) in [6.45, 7) is 0.359. The van der Waals surface area contributed by atoms with Crippen molar-refractivity contribution in [2.24, 2.45) is 5.92 Å². The zero-order chi connectivity index (χ0) is 24.2. The maximum atomic E-state index is 14.2. The Morgan fingerprint density at radius 3 is 2.50 bits per heavy atom. The van der Waals surface area contributed by atoms with Crippen LogP contribution in [0.5, 0.6) is 23.0 Å². The van der Waals surface area contributed by atoms with Crippen molar-refractivity contribution < 1.29 is 29.6 Å². The number of carbonyl (C=O) groups is 2. The number of fused-ring (bicyclic) bond motifs is 2. The minimum absolute atomic E-state index is 0.0961. The molecule has 0 bridgehead atoms. The summed E-state index contributed by atoms with van der Waals surface area (Å²) >= 11 is 0. The highest BCUT2D eigenvalue weighted by Gasteiger charge is 2.64. The maximum Gasteiger partial charge on any atom is 0.250 e. The molecule has 0 saturated carbocycles. The number of para-hydroxylation sites is 1. The van der Waals surface area contributed by atoms with Gasteiger partial charge in [0, 0.05) is 29.3 Å². The minimum atomic E-state index is -1.28. The summed E-state index contributed by atoms with van der Waals surface area (Å²) in [6, 6.07) is 16.1. The number of hydrogen-bond acceptors (Lipinski definition) is 7. The number of likely N-dealkylation sites (N-methyl/N-ethyl adjacent to an activating group) is 1. The second-order valence-corrected chi connectivity index (χ2v) is 8.73. The smallest absolute Gasteiger partial charge is 0.250 e. The second-order valence-electron chi connectivity index (χ2n) is 8.73. The molecule has 2 aliphatic heterocycles. The number of carbonyl (C=O) groups excluding carboxylic acids is 2. The van der Waals surface area contributed by atoms with Gasteiger partial charge in [-0.1, -0.05) is 24.3 Å². The maximum absolute atomic E-state index is 14.2. The van der Waals surface area contributed by atoms with Gasteiger partial charge in [0.15, 0.2) is 28.8 Å². The number of benzene rings is 3. The molecule has 1 fully saturated rings. The van der Waals surface area contributed by atoms with Crippen LogP contribution in [0.15, 0.2) is 60.7 Å². The van der Waals surface area contributed by atoms with Crippen molar-refractivity contribution in [3.8, 4) is 23.0 Å². The SMILES string of the molecule is COc1cc(C(=O)C2C(c3ccc(O)c(O)c3)CN(C)C23C(=O)Nc2ccccc23)ccc1O. The van der Waals surface area contributed by atoms with Crippen LogP contribution in [0.1, 0.15) is 27.4 Å². The van der Waals surface area contributed by atoms with Gasteiger partial charge in [-0.3, -0.25) is 14.5 Å². The summed E-state index contributed by atoms with van der Waals surface area (Å²) in [6.07, 6.45) is 0. The molecule has 0 radical (unpaired) electrons. The van der Waals surface area contributed by atoms with Crippen molar-refractivity contribution in [2.75, 3.05) is 26.0 Å². The molecule has 3 unspecified atom stereocenters. The zero-order valence-corrected chi connectivity index (χ0v) is 18.6. The predicted molar refractivity (Wildman–Crippen MR) is 124 cm³/mol. The number of phenolic OH excluding ortho intramolecular Hbond substituents is 3. The zero-order valence-electron chi connectivity index (χ0n) is 18.6. The van der Waals surface area contributed by atoms with Crippen LogP contribution in [0.25, 0.3) is 0 Å². The van der Waals surface area contributed by atoms with Crippen LogP contribution in [-0.4, -0.2) is 52.6 Å². The van der Waals surface area contributed by atoms with E-state index in [-0.39, 0.29) is 34.7 Å². The van der Waals surface area contributed by atoms with Gasteiger partial charge in [-0.05, 0) is 49.0 Å². The van der Waals surface area contributed by atoms with Crippen LogP contribution in [0.3, 0.4) is 0 Å². The minimum Gasteiger partial charge on any atom is -0.504 e. The van der Waals surface area contributed by atoms with Crippen LogP contribution >= 0.6 is 0 Å². The van der Waals surface area contributed by atoms with E-state index in [9.17, 15) is 24.9 Å². The number of nitrogens with zero attached hydrogens (tertiary/aromatic N) is 1. The highest BCUT2D eigenvalue weighted by atomic mass is 16.5. The third-order valence-corrected chi connectivity index (χ3v) is 7.03. The molecular formula is C26H24N2O6. The number of ketones is 1. The van der Waals surface area contributed by atoms with Gasteiger partial charge in [0.05, 0.1) is 13.0 Å². The molecule has 1 spiro atoms. The Bertz CT molecular complexity index is 1320. The number of nitrogens with one attached hydrogen (secondary N) is 1. The largest absolute Gasteiger partial charge is 0.504 e. The normalized spacial score (nSPS) is 23.6. The van der Waals surface area contributed by atoms with Crippen LogP contribution in [0, 0.1) is 5.92 Å². The molecule has 2 aliphatic rings. The Hall–Kier alpha value is -4.04. The standard InChI is InChI=1S/C26H24N2O6/c1-28-13-16(14-7-9-19(29)21(31)11-14)23(24(32)15-8-10-20(30)22(12-15)34-2)26(28)17-5-3-4-6-18(17)27-25(26)33/h3-12,16,23,29-31H,13H2,1-2H3,(H,27,33). The highest BCUT2D eigenvalue weighted by Crippen LogP contribution is 2.56. The molecule has 0 aromatic heterocycles. The number of likely N-dealkylation sites (tertiary alicyclic amines) is 1. The van der Waals surface area contributed by atoms with Gasteiger partial charge in [-0.2, -0.15) is 0 Å². The van der Waals surface area contributed by atoms with Gasteiger partial charge in [0.2, 0.25) is 5.91 Å². The quantitative estimate of drug-likeness (QED) is 0.349. The number of Topliss-reactive ketones (excluding diaryl/α,β-unsaturated/α-hetero) is 1. The lowest BCUT2D eigenvalue weighted by atomic mass is 9.70. The third-order valence-electron chi connectivity index (χ3n) is 7.03. The van der Waals surface area contributed by atoms with Crippen LogP contribution in [0.4, 0.5) is 5.69 Å². The second kappa shape index (κ2) is 7.78. The number of amides is 1. The fourth-order valence-electron chi connectivity index (χ4n) is 5.48. The summed E-state index contributed by atoms with van der Waals surface area (Å²) < 4.78 is 5.20. The Labute approximate surface area is 196 Å². The average molecular weight is 460 g/mol. The number of hydrogen-bond donors (Lipinski definition) is 4. The van der Waals surface area contributed by atoms with E-state index in [2.05, 4.69) is 5.32 Å². The van der Waals surface area contributed by atoms with E-state index in [1.165, 1.54) is 37.4 Å². The molecule has 1 saturated heterocycles. The van der Waals surface area contributed by atoms with Crippen LogP contribution in [-0.2, 0) is 10.3 Å². The molecule has 4 N–H and O–H groups in total. The number of rotatable bonds is 4. The summed E-state index contributed by atoms with van der Waals surface area (Å²) in [5.41, 5.74) is 0.989. The number of anilines is 1. The van der Waals surface area contributed by atoms with Gasteiger partial charge in [0.1, 0.15) is 5.54 Å². The molecular weight excluding hydrogens is 436 g/mol. The van der Waals surface area contributed by atoms with Crippen molar-refractivity contribution in [1.82, 2.24) is 4.90 Å². The van der Waals surface area contributed by atoms with E-state index >= 15 is 0 Å². The Morgan fingerprint density at radius 2 is 1.76 bits per heavy atom. The summed E-state index contributed by atoms with van der Waals surface area (Å²) in [5, 5.41) is 32.9. The van der Waals surface area contributed by atoms with Gasteiger partial charge in [-0.25, -0.2) is 0 Å². The van der Waals surface area contributed by atoms with Crippen molar-refractivity contribution in [2.45, 2.75) is 11.5 Å². The van der Waals surface area contributed by atoms with E-state index in [1.54, 1.807) is 19.2 Å². The summed E-state index contributed by atoms with van der Waals surface area (Å²) in [7, 11) is 3.20. The molecule has 8 heteroatoms. The summed E-state index contributed by atoms with van der Waals surface area (Å²) in [5.74, 6) is -2.43. The molecule has 3 aromatic carbocycles. The molecule has 5 rings (SSSR count). The van der Waals surface area contributed by atoms with Gasteiger partial charge < -0.3 is 25.4 Å². The monoisotopic (exact) mass is 460 g/mol. The number of methoxy groups -OCH3 is 1. The number of ether oxygens (including phenoxy) is 1. The lowest BCUT2D eigenvalue weighted by Crippen LogP contribution is -2.51. The fourth-order valence-corrected chi connectivity index (χ4v) is 5.48. The van der Waals surface area contributed by atoms with Crippen LogP contribution in [0.2, 0.25) is 0 Å². The Kier molecular flexibility index (Phi) is 4.98. The molecule has 0 aliphatic carbocycles. The number of aromatic hydroxyl groups is 3. The highest BCUT2D eigenvalue weighted by molar-refractivity contribution is 6.12. The van der Waals surface area contributed by atoms with Gasteiger partial charge in [-0.15, -0.1) is 0 Å². The van der Waals surface area contributed by atoms with Crippen molar-refractivity contribution in [3.63, 3.8) is 0 Å². The van der Waals surface area contributed by atoms with Gasteiger partial charge in [0.25, 0.3) is 0 Å². The van der Waals surface area contributed by atoms with Crippen molar-refractivity contribution >= 4 is 17.4 Å². The van der Waals surface area contributed by atoms with Gasteiger partial charge >= 0.3 is 0 Å². The lowest BCUT2D eigenvalue weighted by Gasteiger charge is -2.35. The molecule has 34 heavy (non-hydrogen) atoms. The average Bonchev–Trinajstić information content (AvgIpc) is 3.30.